The maximum Gasteiger partial charge on any atom is 0.226 e. The molecule has 3 nitrogen and oxygen atoms in total. The Morgan fingerprint density at radius 2 is 1.81 bits per heavy atom. The highest BCUT2D eigenvalue weighted by Crippen LogP contribution is 2.33. The van der Waals surface area contributed by atoms with Gasteiger partial charge in [0.25, 0.3) is 0 Å². The number of anilines is 2. The summed E-state index contributed by atoms with van der Waals surface area (Å²) in [6.45, 7) is 3.00. The molecule has 1 aliphatic carbocycles. The Morgan fingerprint density at radius 3 is 2.54 bits per heavy atom. The number of benzene rings is 1. The quantitative estimate of drug-likeness (QED) is 0.700. The first-order valence-electron chi connectivity index (χ1n) is 9.94. The van der Waals surface area contributed by atoms with Crippen LogP contribution in [0.3, 0.4) is 0 Å². The first kappa shape index (κ1) is 17.1. The van der Waals surface area contributed by atoms with Gasteiger partial charge in [-0.05, 0) is 68.9 Å². The molecule has 4 rings (SSSR count). The number of amides is 1. The van der Waals surface area contributed by atoms with Gasteiger partial charge in [0.1, 0.15) is 0 Å². The molecule has 2 aliphatic heterocycles. The summed E-state index contributed by atoms with van der Waals surface area (Å²) >= 11 is 0. The minimum atomic E-state index is 0.255. The second-order valence-electron chi connectivity index (χ2n) is 7.67. The molecule has 1 aromatic rings. The van der Waals surface area contributed by atoms with E-state index < -0.39 is 0 Å². The van der Waals surface area contributed by atoms with Crippen LogP contribution >= 0.6 is 0 Å². The first-order valence-corrected chi connectivity index (χ1v) is 9.94. The van der Waals surface area contributed by atoms with Crippen LogP contribution < -0.4 is 9.80 Å². The topological polar surface area (TPSA) is 23.6 Å². The Labute approximate surface area is 156 Å². The zero-order valence-electron chi connectivity index (χ0n) is 15.6. The lowest BCUT2D eigenvalue weighted by Gasteiger charge is -2.37. The zero-order chi connectivity index (χ0) is 17.9. The number of carbonyl (C=O) groups is 1. The fourth-order valence-electron chi connectivity index (χ4n) is 4.29. The predicted octanol–water partition coefficient (Wildman–Crippen LogP) is 5.21. The van der Waals surface area contributed by atoms with Gasteiger partial charge in [-0.2, -0.15) is 0 Å². The molecule has 0 aromatic heterocycles. The van der Waals surface area contributed by atoms with E-state index in [1.165, 1.54) is 30.5 Å². The fraction of sp³-hybridized carbons (Fsp3) is 0.435. The number of nitrogens with zero attached hydrogens (tertiary/aromatic N) is 2. The third kappa shape index (κ3) is 3.48. The molecule has 1 amide bonds. The van der Waals surface area contributed by atoms with Crippen LogP contribution in [0.5, 0.6) is 0 Å². The lowest BCUT2D eigenvalue weighted by molar-refractivity contribution is -0.119. The van der Waals surface area contributed by atoms with Gasteiger partial charge in [0.2, 0.25) is 5.91 Å². The summed E-state index contributed by atoms with van der Waals surface area (Å²) in [6.07, 6.45) is 18.1. The molecule has 2 heterocycles. The van der Waals surface area contributed by atoms with E-state index in [1.54, 1.807) is 0 Å². The van der Waals surface area contributed by atoms with Crippen molar-refractivity contribution in [1.82, 2.24) is 0 Å². The van der Waals surface area contributed by atoms with Crippen LogP contribution in [-0.4, -0.2) is 18.5 Å². The summed E-state index contributed by atoms with van der Waals surface area (Å²) in [6, 6.07) is 8.92. The molecule has 1 fully saturated rings. The van der Waals surface area contributed by atoms with E-state index in [0.29, 0.717) is 18.4 Å². The molecule has 3 aliphatic rings. The average molecular weight is 348 g/mol. The van der Waals surface area contributed by atoms with Gasteiger partial charge in [-0.3, -0.25) is 4.79 Å². The minimum absolute atomic E-state index is 0.255. The molecule has 0 saturated carbocycles. The third-order valence-electron chi connectivity index (χ3n) is 5.73. The van der Waals surface area contributed by atoms with E-state index in [2.05, 4.69) is 66.6 Å². The van der Waals surface area contributed by atoms with Crippen molar-refractivity contribution in [2.75, 3.05) is 16.3 Å². The summed E-state index contributed by atoms with van der Waals surface area (Å²) in [5.74, 6) is 0.818. The van der Waals surface area contributed by atoms with Gasteiger partial charge in [0, 0.05) is 36.5 Å². The van der Waals surface area contributed by atoms with E-state index in [1.807, 2.05) is 4.90 Å². The van der Waals surface area contributed by atoms with Crippen molar-refractivity contribution < 1.29 is 4.79 Å². The van der Waals surface area contributed by atoms with Crippen molar-refractivity contribution in [3.63, 3.8) is 0 Å². The van der Waals surface area contributed by atoms with Gasteiger partial charge in [0.15, 0.2) is 0 Å². The van der Waals surface area contributed by atoms with Crippen LogP contribution in [0.1, 0.15) is 45.4 Å². The van der Waals surface area contributed by atoms with Gasteiger partial charge in [-0.15, -0.1) is 0 Å². The molecule has 136 valence electrons. The summed E-state index contributed by atoms with van der Waals surface area (Å²) in [5, 5.41) is 0. The summed E-state index contributed by atoms with van der Waals surface area (Å²) < 4.78 is 0. The van der Waals surface area contributed by atoms with E-state index >= 15 is 0 Å². The number of hydrogen-bond donors (Lipinski definition) is 0. The Bertz CT molecular complexity index is 744. The molecule has 2 atom stereocenters. The van der Waals surface area contributed by atoms with Crippen molar-refractivity contribution in [1.29, 1.82) is 0 Å². The van der Waals surface area contributed by atoms with E-state index in [0.717, 1.165) is 25.1 Å². The molecule has 0 spiro atoms. The number of piperidine rings is 1. The predicted molar refractivity (Wildman–Crippen MR) is 108 cm³/mol. The van der Waals surface area contributed by atoms with E-state index in [4.69, 9.17) is 0 Å². The highest BCUT2D eigenvalue weighted by molar-refractivity contribution is 5.94. The third-order valence-corrected chi connectivity index (χ3v) is 5.73. The van der Waals surface area contributed by atoms with E-state index in [9.17, 15) is 4.79 Å². The van der Waals surface area contributed by atoms with Gasteiger partial charge >= 0.3 is 0 Å². The number of rotatable bonds is 3. The van der Waals surface area contributed by atoms with Crippen LogP contribution in [0.4, 0.5) is 11.4 Å². The van der Waals surface area contributed by atoms with Crippen molar-refractivity contribution >= 4 is 17.3 Å². The molecular weight excluding hydrogens is 320 g/mol. The second kappa shape index (κ2) is 7.53. The molecule has 1 aromatic carbocycles. The lowest BCUT2D eigenvalue weighted by atomic mass is 9.86. The smallest absolute Gasteiger partial charge is 0.226 e. The molecule has 1 saturated heterocycles. The normalized spacial score (nSPS) is 26.2. The maximum atomic E-state index is 12.2. The van der Waals surface area contributed by atoms with Gasteiger partial charge < -0.3 is 9.80 Å². The Hall–Kier alpha value is -2.29. The average Bonchev–Trinajstić information content (AvgIpc) is 2.69. The number of allylic oxidation sites excluding steroid dienone is 3. The summed E-state index contributed by atoms with van der Waals surface area (Å²) in [5.41, 5.74) is 3.50. The summed E-state index contributed by atoms with van der Waals surface area (Å²) in [4.78, 5) is 16.5. The van der Waals surface area contributed by atoms with Crippen molar-refractivity contribution in [2.45, 2.75) is 51.5 Å². The van der Waals surface area contributed by atoms with Crippen LogP contribution in [0.2, 0.25) is 0 Å². The maximum absolute atomic E-state index is 12.2. The number of carbonyl (C=O) groups excluding carboxylic acids is 1. The lowest BCUT2D eigenvalue weighted by Crippen LogP contribution is -2.37. The Morgan fingerprint density at radius 1 is 1.00 bits per heavy atom. The van der Waals surface area contributed by atoms with Crippen LogP contribution in [0.15, 0.2) is 60.3 Å². The SMILES string of the molecule is CC1=CN(c2ccc(N3CCCCC3=O)cc2)C(C2C=CCCC2)C=C1. The van der Waals surface area contributed by atoms with Crippen molar-refractivity contribution in [3.8, 4) is 0 Å². The van der Waals surface area contributed by atoms with Crippen LogP contribution in [0, 0.1) is 5.92 Å². The van der Waals surface area contributed by atoms with Gasteiger partial charge in [-0.1, -0.05) is 24.3 Å². The Balaban J connectivity index is 1.58. The number of hydrogen-bond acceptors (Lipinski definition) is 2. The fourth-order valence-corrected chi connectivity index (χ4v) is 4.29. The largest absolute Gasteiger partial charge is 0.340 e. The molecule has 26 heavy (non-hydrogen) atoms. The van der Waals surface area contributed by atoms with Gasteiger partial charge in [-0.25, -0.2) is 0 Å². The van der Waals surface area contributed by atoms with Crippen LogP contribution in [-0.2, 0) is 4.79 Å². The zero-order valence-corrected chi connectivity index (χ0v) is 15.6. The standard InChI is InChI=1S/C23H28N2O/c1-18-10-15-22(19-7-3-2-4-8-19)25(17-18)21-13-11-20(12-14-21)24-16-6-5-9-23(24)26/h3,7,10-15,17,19,22H,2,4-6,8-9,16H2,1H3. The van der Waals surface area contributed by atoms with Crippen molar-refractivity contribution in [2.24, 2.45) is 5.92 Å². The van der Waals surface area contributed by atoms with Crippen LogP contribution in [0.25, 0.3) is 0 Å². The van der Waals surface area contributed by atoms with E-state index in [-0.39, 0.29) is 5.91 Å². The molecule has 0 radical (unpaired) electrons. The molecule has 3 heteroatoms. The first-order chi connectivity index (χ1) is 12.7. The second-order valence-corrected chi connectivity index (χ2v) is 7.67. The summed E-state index contributed by atoms with van der Waals surface area (Å²) in [7, 11) is 0. The molecule has 0 N–H and O–H groups in total. The molecular formula is C23H28N2O. The highest BCUT2D eigenvalue weighted by atomic mass is 16.2. The molecule has 2 unspecified atom stereocenters. The van der Waals surface area contributed by atoms with Crippen molar-refractivity contribution in [3.05, 3.63) is 60.3 Å². The Kier molecular flexibility index (Phi) is 4.96. The molecule has 0 bridgehead atoms. The highest BCUT2D eigenvalue weighted by Gasteiger charge is 2.26. The van der Waals surface area contributed by atoms with Gasteiger partial charge in [0.05, 0.1) is 6.04 Å². The monoisotopic (exact) mass is 348 g/mol. The minimum Gasteiger partial charge on any atom is -0.340 e.